The quantitative estimate of drug-likeness (QED) is 0.683. The van der Waals surface area contributed by atoms with E-state index in [2.05, 4.69) is 15.4 Å². The van der Waals surface area contributed by atoms with Gasteiger partial charge in [0, 0.05) is 23.9 Å². The molecule has 2 aromatic heterocycles. The van der Waals surface area contributed by atoms with E-state index in [1.165, 1.54) is 10.7 Å². The van der Waals surface area contributed by atoms with Crippen LogP contribution >= 0.6 is 0 Å². The smallest absolute Gasteiger partial charge is 0.270 e. The SMILES string of the molecule is CC[C@H](Cn1nc(-c2ccc(OC)cc2)ccc1=O)NC(=O)c1ccccn1. The van der Waals surface area contributed by atoms with Crippen molar-refractivity contribution in [1.82, 2.24) is 20.1 Å². The maximum absolute atomic E-state index is 12.3. The van der Waals surface area contributed by atoms with Gasteiger partial charge in [0.1, 0.15) is 11.4 Å². The molecule has 2 heterocycles. The second kappa shape index (κ2) is 8.94. The number of nitrogens with zero attached hydrogens (tertiary/aromatic N) is 3. The number of methoxy groups -OCH3 is 1. The zero-order chi connectivity index (χ0) is 19.9. The van der Waals surface area contributed by atoms with Crippen LogP contribution in [0.4, 0.5) is 0 Å². The van der Waals surface area contributed by atoms with Crippen molar-refractivity contribution in [3.8, 4) is 17.0 Å². The van der Waals surface area contributed by atoms with E-state index in [0.29, 0.717) is 17.8 Å². The van der Waals surface area contributed by atoms with Gasteiger partial charge in [0.05, 0.1) is 19.3 Å². The van der Waals surface area contributed by atoms with Crippen molar-refractivity contribution in [2.45, 2.75) is 25.9 Å². The molecular weight excluding hydrogens is 356 g/mol. The fourth-order valence-corrected chi connectivity index (χ4v) is 2.74. The summed E-state index contributed by atoms with van der Waals surface area (Å²) in [7, 11) is 1.61. The largest absolute Gasteiger partial charge is 0.497 e. The number of ether oxygens (including phenoxy) is 1. The van der Waals surface area contributed by atoms with Crippen LogP contribution in [0, 0.1) is 0 Å². The average Bonchev–Trinajstić information content (AvgIpc) is 2.75. The number of nitrogens with one attached hydrogen (secondary N) is 1. The molecule has 0 aliphatic heterocycles. The summed E-state index contributed by atoms with van der Waals surface area (Å²) in [6.45, 7) is 2.22. The predicted octanol–water partition coefficient (Wildman–Crippen LogP) is 2.52. The van der Waals surface area contributed by atoms with E-state index in [-0.39, 0.29) is 24.1 Å². The third-order valence-electron chi connectivity index (χ3n) is 4.37. The highest BCUT2D eigenvalue weighted by molar-refractivity contribution is 5.92. The first-order valence-electron chi connectivity index (χ1n) is 9.05. The number of hydrogen-bond acceptors (Lipinski definition) is 5. The van der Waals surface area contributed by atoms with Gasteiger partial charge in [-0.15, -0.1) is 0 Å². The molecule has 1 aromatic carbocycles. The van der Waals surface area contributed by atoms with Crippen LogP contribution in [0.15, 0.2) is 65.6 Å². The van der Waals surface area contributed by atoms with Crippen molar-refractivity contribution in [2.24, 2.45) is 0 Å². The summed E-state index contributed by atoms with van der Waals surface area (Å²) >= 11 is 0. The number of carbonyl (C=O) groups is 1. The third kappa shape index (κ3) is 4.62. The van der Waals surface area contributed by atoms with Gasteiger partial charge >= 0.3 is 0 Å². The lowest BCUT2D eigenvalue weighted by molar-refractivity contribution is 0.0925. The lowest BCUT2D eigenvalue weighted by Gasteiger charge is -2.18. The number of rotatable bonds is 7. The van der Waals surface area contributed by atoms with Gasteiger partial charge in [-0.2, -0.15) is 5.10 Å². The summed E-state index contributed by atoms with van der Waals surface area (Å²) in [5, 5.41) is 7.38. The highest BCUT2D eigenvalue weighted by Gasteiger charge is 2.15. The minimum absolute atomic E-state index is 0.220. The fraction of sp³-hybridized carbons (Fsp3) is 0.238. The fourth-order valence-electron chi connectivity index (χ4n) is 2.74. The Morgan fingerprint density at radius 1 is 1.14 bits per heavy atom. The molecule has 3 aromatic rings. The molecule has 0 aliphatic carbocycles. The lowest BCUT2D eigenvalue weighted by Crippen LogP contribution is -2.40. The number of carbonyl (C=O) groups excluding carboxylic acids is 1. The van der Waals surface area contributed by atoms with Gasteiger partial charge in [0.15, 0.2) is 0 Å². The van der Waals surface area contributed by atoms with Crippen LogP contribution in [0.25, 0.3) is 11.3 Å². The van der Waals surface area contributed by atoms with E-state index in [1.807, 2.05) is 31.2 Å². The maximum atomic E-state index is 12.3. The zero-order valence-electron chi connectivity index (χ0n) is 15.8. The van der Waals surface area contributed by atoms with Crippen LogP contribution in [0.3, 0.4) is 0 Å². The summed E-state index contributed by atoms with van der Waals surface area (Å²) in [4.78, 5) is 28.7. The van der Waals surface area contributed by atoms with E-state index in [0.717, 1.165) is 11.3 Å². The normalized spacial score (nSPS) is 11.6. The Kier molecular flexibility index (Phi) is 6.16. The van der Waals surface area contributed by atoms with E-state index >= 15 is 0 Å². The van der Waals surface area contributed by atoms with Crippen molar-refractivity contribution < 1.29 is 9.53 Å². The Labute approximate surface area is 163 Å². The van der Waals surface area contributed by atoms with E-state index in [4.69, 9.17) is 4.74 Å². The standard InChI is InChI=1S/C21H22N4O3/c1-3-16(23-21(27)19-6-4-5-13-22-19)14-25-20(26)12-11-18(24-25)15-7-9-17(28-2)10-8-15/h4-13,16H,3,14H2,1-2H3,(H,23,27)/t16-/m1/s1. The Morgan fingerprint density at radius 2 is 1.93 bits per heavy atom. The molecule has 0 saturated carbocycles. The summed E-state index contributed by atoms with van der Waals surface area (Å²) < 4.78 is 6.55. The second-order valence-corrected chi connectivity index (χ2v) is 6.26. The van der Waals surface area contributed by atoms with Crippen molar-refractivity contribution in [3.05, 3.63) is 76.8 Å². The topological polar surface area (TPSA) is 86.1 Å². The Hall–Kier alpha value is -3.48. The van der Waals surface area contributed by atoms with Crippen molar-refractivity contribution in [2.75, 3.05) is 7.11 Å². The first-order valence-corrected chi connectivity index (χ1v) is 9.05. The van der Waals surface area contributed by atoms with Crippen LogP contribution in [-0.2, 0) is 6.54 Å². The number of benzene rings is 1. The second-order valence-electron chi connectivity index (χ2n) is 6.26. The van der Waals surface area contributed by atoms with Gasteiger partial charge in [0.2, 0.25) is 0 Å². The molecule has 0 unspecified atom stereocenters. The van der Waals surface area contributed by atoms with Gasteiger partial charge in [-0.3, -0.25) is 14.6 Å². The number of amides is 1. The lowest BCUT2D eigenvalue weighted by atomic mass is 10.1. The van der Waals surface area contributed by atoms with Crippen LogP contribution < -0.4 is 15.6 Å². The van der Waals surface area contributed by atoms with Crippen molar-refractivity contribution in [1.29, 1.82) is 0 Å². The maximum Gasteiger partial charge on any atom is 0.270 e. The van der Waals surface area contributed by atoms with Crippen LogP contribution in [0.1, 0.15) is 23.8 Å². The molecule has 7 heteroatoms. The highest BCUT2D eigenvalue weighted by atomic mass is 16.5. The molecular formula is C21H22N4O3. The summed E-state index contributed by atoms with van der Waals surface area (Å²) in [5.74, 6) is 0.479. The molecule has 0 fully saturated rings. The molecule has 7 nitrogen and oxygen atoms in total. The first kappa shape index (κ1) is 19.3. The minimum atomic E-state index is -0.271. The summed E-state index contributed by atoms with van der Waals surface area (Å²) in [6, 6.07) is 15.5. The molecule has 1 atom stereocenters. The van der Waals surface area contributed by atoms with Crippen LogP contribution in [0.5, 0.6) is 5.75 Å². The highest BCUT2D eigenvalue weighted by Crippen LogP contribution is 2.19. The van der Waals surface area contributed by atoms with E-state index in [1.54, 1.807) is 37.6 Å². The van der Waals surface area contributed by atoms with Gasteiger partial charge < -0.3 is 10.1 Å². The average molecular weight is 378 g/mol. The predicted molar refractivity (Wildman–Crippen MR) is 106 cm³/mol. The molecule has 0 bridgehead atoms. The van der Waals surface area contributed by atoms with Gasteiger partial charge in [0.25, 0.3) is 11.5 Å². The molecule has 0 spiro atoms. The molecule has 3 rings (SSSR count). The number of aromatic nitrogens is 3. The van der Waals surface area contributed by atoms with Crippen molar-refractivity contribution in [3.63, 3.8) is 0 Å². The van der Waals surface area contributed by atoms with E-state index in [9.17, 15) is 9.59 Å². The molecule has 0 aliphatic rings. The molecule has 144 valence electrons. The monoisotopic (exact) mass is 378 g/mol. The van der Waals surface area contributed by atoms with Crippen LogP contribution in [0.2, 0.25) is 0 Å². The van der Waals surface area contributed by atoms with E-state index < -0.39 is 0 Å². The van der Waals surface area contributed by atoms with Gasteiger partial charge in [-0.25, -0.2) is 4.68 Å². The molecule has 0 radical (unpaired) electrons. The third-order valence-corrected chi connectivity index (χ3v) is 4.37. The minimum Gasteiger partial charge on any atom is -0.497 e. The zero-order valence-corrected chi connectivity index (χ0v) is 15.8. The van der Waals surface area contributed by atoms with Crippen molar-refractivity contribution >= 4 is 5.91 Å². The Bertz CT molecular complexity index is 985. The molecule has 1 N–H and O–H groups in total. The van der Waals surface area contributed by atoms with Gasteiger partial charge in [-0.1, -0.05) is 13.0 Å². The molecule has 0 saturated heterocycles. The summed E-state index contributed by atoms with van der Waals surface area (Å²) in [5.41, 5.74) is 1.67. The molecule has 28 heavy (non-hydrogen) atoms. The summed E-state index contributed by atoms with van der Waals surface area (Å²) in [6.07, 6.45) is 2.22. The molecule has 1 amide bonds. The first-order chi connectivity index (χ1) is 13.6. The Balaban J connectivity index is 1.78. The Morgan fingerprint density at radius 3 is 2.57 bits per heavy atom. The number of hydrogen-bond donors (Lipinski definition) is 1. The number of pyridine rings is 1. The van der Waals surface area contributed by atoms with Gasteiger partial charge in [-0.05, 0) is 48.9 Å². The van der Waals surface area contributed by atoms with Crippen LogP contribution in [-0.4, -0.2) is 33.8 Å².